The van der Waals surface area contributed by atoms with Crippen molar-refractivity contribution >= 4 is 67.6 Å². The summed E-state index contributed by atoms with van der Waals surface area (Å²) >= 11 is 11.3. The van der Waals surface area contributed by atoms with Crippen LogP contribution in [0.5, 0.6) is 0 Å². The number of anilines is 2. The molecule has 154 valence electrons. The number of imidazole rings is 1. The summed E-state index contributed by atoms with van der Waals surface area (Å²) in [5.41, 5.74) is 3.55. The number of hydroxylamine groups is 1. The van der Waals surface area contributed by atoms with Crippen LogP contribution in [0.4, 0.5) is 15.8 Å². The molecule has 1 heterocycles. The number of hydrogen-bond donors (Lipinski definition) is 2. The first-order chi connectivity index (χ1) is 13.9. The van der Waals surface area contributed by atoms with Gasteiger partial charge >= 0.3 is 0 Å². The molecule has 0 radical (unpaired) electrons. The maximum absolute atomic E-state index is 15.3. The molecule has 0 spiro atoms. The summed E-state index contributed by atoms with van der Waals surface area (Å²) in [6, 6.07) is 6.70. The molecule has 0 aliphatic carbocycles. The second-order valence-electron chi connectivity index (χ2n) is 6.21. The molecule has 0 saturated heterocycles. The number of rotatable bonds is 8. The standard InChI is InChI=1S/C19H19BrClFN4O2S/c1-26-10-23-18-15(26)9-12(19(27)25-28-6-3-7-29-2)17(16(18)22)24-14-5-4-11(20)8-13(14)21/h4-5,8-10,24H,3,6-7H2,1-2H3,(H,25,27). The zero-order valence-electron chi connectivity index (χ0n) is 15.8. The van der Waals surface area contributed by atoms with Crippen LogP contribution < -0.4 is 10.8 Å². The Hall–Kier alpha value is -1.81. The Kier molecular flexibility index (Phi) is 7.39. The Balaban J connectivity index is 1.96. The second-order valence-corrected chi connectivity index (χ2v) is 8.52. The summed E-state index contributed by atoms with van der Waals surface area (Å²) in [6.45, 7) is 0.365. The molecule has 0 fully saturated rings. The molecule has 0 aliphatic heterocycles. The van der Waals surface area contributed by atoms with Crippen LogP contribution >= 0.6 is 39.3 Å². The fraction of sp³-hybridized carbons (Fsp3) is 0.263. The zero-order valence-corrected chi connectivity index (χ0v) is 18.9. The molecule has 29 heavy (non-hydrogen) atoms. The molecule has 0 atom stereocenters. The minimum absolute atomic E-state index is 0.0226. The Bertz CT molecular complexity index is 1050. The molecule has 3 aromatic rings. The number of benzene rings is 2. The number of aromatic nitrogens is 2. The maximum atomic E-state index is 15.3. The van der Waals surface area contributed by atoms with Crippen molar-refractivity contribution in [2.75, 3.05) is 23.9 Å². The highest BCUT2D eigenvalue weighted by Crippen LogP contribution is 2.34. The third-order valence-corrected chi connectivity index (χ3v) is 5.66. The summed E-state index contributed by atoms with van der Waals surface area (Å²) in [7, 11) is 1.73. The van der Waals surface area contributed by atoms with Crippen LogP contribution in [0.2, 0.25) is 5.02 Å². The highest BCUT2D eigenvalue weighted by atomic mass is 79.9. The van der Waals surface area contributed by atoms with Gasteiger partial charge in [0.1, 0.15) is 5.52 Å². The van der Waals surface area contributed by atoms with E-state index in [4.69, 9.17) is 16.4 Å². The van der Waals surface area contributed by atoms with Gasteiger partial charge in [-0.15, -0.1) is 0 Å². The molecule has 3 rings (SSSR count). The lowest BCUT2D eigenvalue weighted by molar-refractivity contribution is 0.0318. The predicted molar refractivity (Wildman–Crippen MR) is 120 cm³/mol. The number of fused-ring (bicyclic) bond motifs is 1. The maximum Gasteiger partial charge on any atom is 0.277 e. The van der Waals surface area contributed by atoms with E-state index in [2.05, 4.69) is 31.7 Å². The van der Waals surface area contributed by atoms with Crippen LogP contribution in [0, 0.1) is 5.82 Å². The number of thioether (sulfide) groups is 1. The Morgan fingerprint density at radius 2 is 2.21 bits per heavy atom. The van der Waals surface area contributed by atoms with Crippen molar-refractivity contribution < 1.29 is 14.0 Å². The Labute approximate surface area is 185 Å². The number of halogens is 3. The number of amides is 1. The molecule has 0 aliphatic rings. The van der Waals surface area contributed by atoms with E-state index in [9.17, 15) is 4.79 Å². The number of carbonyl (C=O) groups excluding carboxylic acids is 1. The van der Waals surface area contributed by atoms with Crippen LogP contribution in [-0.4, -0.2) is 34.1 Å². The fourth-order valence-corrected chi connectivity index (χ4v) is 3.83. The number of hydrogen-bond acceptors (Lipinski definition) is 5. The normalized spacial score (nSPS) is 11.1. The highest BCUT2D eigenvalue weighted by molar-refractivity contribution is 9.10. The lowest BCUT2D eigenvalue weighted by Crippen LogP contribution is -2.25. The van der Waals surface area contributed by atoms with Crippen LogP contribution in [0.1, 0.15) is 16.8 Å². The van der Waals surface area contributed by atoms with Gasteiger partial charge in [0.25, 0.3) is 5.91 Å². The van der Waals surface area contributed by atoms with Crippen molar-refractivity contribution in [2.24, 2.45) is 7.05 Å². The molecule has 10 heteroatoms. The van der Waals surface area contributed by atoms with Gasteiger partial charge in [0.2, 0.25) is 0 Å². The van der Waals surface area contributed by atoms with Crippen LogP contribution in [0.3, 0.4) is 0 Å². The van der Waals surface area contributed by atoms with E-state index in [1.165, 1.54) is 6.33 Å². The van der Waals surface area contributed by atoms with Crippen molar-refractivity contribution in [1.29, 1.82) is 0 Å². The van der Waals surface area contributed by atoms with Gasteiger partial charge in [0.05, 0.1) is 40.4 Å². The quantitative estimate of drug-likeness (QED) is 0.324. The van der Waals surface area contributed by atoms with Gasteiger partial charge in [-0.05, 0) is 42.7 Å². The Morgan fingerprint density at radius 3 is 2.93 bits per heavy atom. The highest BCUT2D eigenvalue weighted by Gasteiger charge is 2.22. The zero-order chi connectivity index (χ0) is 21.0. The molecule has 0 unspecified atom stereocenters. The van der Waals surface area contributed by atoms with Crippen LogP contribution in [0.15, 0.2) is 35.1 Å². The van der Waals surface area contributed by atoms with Gasteiger partial charge < -0.3 is 9.88 Å². The van der Waals surface area contributed by atoms with E-state index in [0.29, 0.717) is 22.8 Å². The smallest absolute Gasteiger partial charge is 0.277 e. The lowest BCUT2D eigenvalue weighted by atomic mass is 10.1. The third-order valence-electron chi connectivity index (χ3n) is 4.16. The van der Waals surface area contributed by atoms with Crippen molar-refractivity contribution in [1.82, 2.24) is 15.0 Å². The topological polar surface area (TPSA) is 68.2 Å². The molecule has 6 nitrogen and oxygen atoms in total. The SMILES string of the molecule is CSCCCONC(=O)c1cc2c(ncn2C)c(F)c1Nc1ccc(Br)cc1Cl. The minimum Gasteiger partial charge on any atom is -0.351 e. The van der Waals surface area contributed by atoms with Gasteiger partial charge in [-0.2, -0.15) is 11.8 Å². The summed E-state index contributed by atoms with van der Waals surface area (Å²) in [5, 5.41) is 3.31. The van der Waals surface area contributed by atoms with Gasteiger partial charge in [-0.1, -0.05) is 27.5 Å². The average molecular weight is 502 g/mol. The minimum atomic E-state index is -0.644. The molecule has 2 aromatic carbocycles. The summed E-state index contributed by atoms with van der Waals surface area (Å²) in [5.74, 6) is -0.290. The number of nitrogens with zero attached hydrogens (tertiary/aromatic N) is 2. The summed E-state index contributed by atoms with van der Waals surface area (Å²) < 4.78 is 17.7. The first-order valence-electron chi connectivity index (χ1n) is 8.69. The third kappa shape index (κ3) is 5.03. The number of nitrogens with one attached hydrogen (secondary N) is 2. The van der Waals surface area contributed by atoms with E-state index in [-0.39, 0.29) is 16.8 Å². The van der Waals surface area contributed by atoms with Crippen LogP contribution in [-0.2, 0) is 11.9 Å². The van der Waals surface area contributed by atoms with E-state index in [1.807, 2.05) is 6.26 Å². The predicted octanol–water partition coefficient (Wildman–Crippen LogP) is 5.29. The van der Waals surface area contributed by atoms with Gasteiger partial charge in [0.15, 0.2) is 5.82 Å². The summed E-state index contributed by atoms with van der Waals surface area (Å²) in [4.78, 5) is 22.1. The molecule has 0 saturated carbocycles. The van der Waals surface area contributed by atoms with E-state index >= 15 is 4.39 Å². The van der Waals surface area contributed by atoms with Crippen molar-refractivity contribution in [3.05, 3.63) is 51.5 Å². The molecular weight excluding hydrogens is 483 g/mol. The van der Waals surface area contributed by atoms with Crippen molar-refractivity contribution in [3.63, 3.8) is 0 Å². The number of aryl methyl sites for hydroxylation is 1. The first kappa shape index (κ1) is 21.9. The molecular formula is C19H19BrClFN4O2S. The molecule has 2 N–H and O–H groups in total. The second kappa shape index (κ2) is 9.80. The van der Waals surface area contributed by atoms with Gasteiger partial charge in [-0.25, -0.2) is 14.9 Å². The number of carbonyl (C=O) groups is 1. The molecule has 1 amide bonds. The fourth-order valence-electron chi connectivity index (χ4n) is 2.70. The van der Waals surface area contributed by atoms with Gasteiger partial charge in [-0.3, -0.25) is 9.63 Å². The first-order valence-corrected chi connectivity index (χ1v) is 11.3. The Morgan fingerprint density at radius 1 is 1.41 bits per heavy atom. The van der Waals surface area contributed by atoms with Crippen LogP contribution in [0.25, 0.3) is 11.0 Å². The van der Waals surface area contributed by atoms with Gasteiger partial charge in [0, 0.05) is 11.5 Å². The van der Waals surface area contributed by atoms with Crippen molar-refractivity contribution in [2.45, 2.75) is 6.42 Å². The monoisotopic (exact) mass is 500 g/mol. The molecule has 0 bridgehead atoms. The van der Waals surface area contributed by atoms with E-state index in [1.54, 1.807) is 47.6 Å². The van der Waals surface area contributed by atoms with Crippen molar-refractivity contribution in [3.8, 4) is 0 Å². The van der Waals surface area contributed by atoms with E-state index in [0.717, 1.165) is 16.6 Å². The molecule has 1 aromatic heterocycles. The summed E-state index contributed by atoms with van der Waals surface area (Å²) in [6.07, 6.45) is 4.27. The lowest BCUT2D eigenvalue weighted by Gasteiger charge is -2.15. The van der Waals surface area contributed by atoms with E-state index < -0.39 is 11.7 Å². The average Bonchev–Trinajstić information content (AvgIpc) is 3.06. The largest absolute Gasteiger partial charge is 0.351 e.